The van der Waals surface area contributed by atoms with Gasteiger partial charge in [0.2, 0.25) is 0 Å². The number of hydrogen-bond acceptors (Lipinski definition) is 4. The molecule has 1 aromatic heterocycles. The molecule has 1 aliphatic heterocycles. The molecule has 0 spiro atoms. The van der Waals surface area contributed by atoms with Crippen molar-refractivity contribution >= 4 is 29.9 Å². The van der Waals surface area contributed by atoms with Crippen molar-refractivity contribution in [3.8, 4) is 0 Å². The van der Waals surface area contributed by atoms with Crippen molar-refractivity contribution in [1.82, 2.24) is 30.3 Å². The average molecular weight is 540 g/mol. The van der Waals surface area contributed by atoms with Crippen molar-refractivity contribution in [2.45, 2.75) is 59.0 Å². The molecule has 8 heteroatoms. The smallest absolute Gasteiger partial charge is 0.191 e. The van der Waals surface area contributed by atoms with E-state index in [9.17, 15) is 0 Å². The number of aliphatic imine (C=N–C) groups is 1. The molecule has 0 aliphatic carbocycles. The quantitative estimate of drug-likeness (QED) is 0.306. The molecule has 3 rings (SSSR count). The van der Waals surface area contributed by atoms with Crippen LogP contribution in [0.1, 0.15) is 55.4 Å². The number of aromatic nitrogens is 3. The Kier molecular flexibility index (Phi) is 10.2. The normalized spacial score (nSPS) is 18.0. The first-order valence-corrected chi connectivity index (χ1v) is 11.2. The van der Waals surface area contributed by atoms with Gasteiger partial charge < -0.3 is 15.2 Å². The van der Waals surface area contributed by atoms with Gasteiger partial charge in [0.25, 0.3) is 0 Å². The Hall–Kier alpha value is -1.68. The van der Waals surface area contributed by atoms with Crippen LogP contribution in [0.2, 0.25) is 0 Å². The van der Waals surface area contributed by atoms with E-state index in [4.69, 9.17) is 4.99 Å². The fourth-order valence-electron chi connectivity index (χ4n) is 3.93. The third-order valence-corrected chi connectivity index (χ3v) is 6.19. The number of guanidine groups is 1. The zero-order chi connectivity index (χ0) is 21.5. The van der Waals surface area contributed by atoms with Crippen molar-refractivity contribution < 1.29 is 0 Å². The maximum atomic E-state index is 4.81. The molecule has 1 fully saturated rings. The van der Waals surface area contributed by atoms with Gasteiger partial charge in [0.1, 0.15) is 12.4 Å². The SMILES string of the molecule is CCN1CCCC1CNC(=NCc1nnc(C)n1C)NCC(C)c1ccc(C)cc1.I. The molecule has 0 bridgehead atoms. The lowest BCUT2D eigenvalue weighted by Gasteiger charge is -2.24. The second-order valence-electron chi connectivity index (χ2n) is 8.39. The van der Waals surface area contributed by atoms with Crippen LogP contribution in [-0.2, 0) is 13.6 Å². The van der Waals surface area contributed by atoms with Gasteiger partial charge in [-0.25, -0.2) is 4.99 Å². The summed E-state index contributed by atoms with van der Waals surface area (Å²) in [6, 6.07) is 9.36. The summed E-state index contributed by atoms with van der Waals surface area (Å²) in [6.45, 7) is 13.1. The van der Waals surface area contributed by atoms with E-state index in [1.165, 1.54) is 30.5 Å². The van der Waals surface area contributed by atoms with Gasteiger partial charge in [-0.15, -0.1) is 34.2 Å². The minimum absolute atomic E-state index is 0. The molecular weight excluding hydrogens is 501 g/mol. The Labute approximate surface area is 204 Å². The first-order valence-electron chi connectivity index (χ1n) is 11.2. The lowest BCUT2D eigenvalue weighted by Crippen LogP contribution is -2.45. The van der Waals surface area contributed by atoms with Gasteiger partial charge in [-0.2, -0.15) is 0 Å². The molecule has 31 heavy (non-hydrogen) atoms. The minimum atomic E-state index is 0. The highest BCUT2D eigenvalue weighted by Gasteiger charge is 2.23. The Morgan fingerprint density at radius 2 is 1.94 bits per heavy atom. The molecule has 0 radical (unpaired) electrons. The standard InChI is InChI=1S/C23H37N7.HI/c1-6-30-13-7-8-21(30)15-25-23(26-16-22-28-27-19(4)29(22)5)24-14-18(3)20-11-9-17(2)10-12-20;/h9-12,18,21H,6-8,13-16H2,1-5H3,(H2,24,25,26);1H. The van der Waals surface area contributed by atoms with Crippen LogP contribution < -0.4 is 10.6 Å². The summed E-state index contributed by atoms with van der Waals surface area (Å²) < 4.78 is 1.99. The van der Waals surface area contributed by atoms with Gasteiger partial charge in [0.05, 0.1) is 0 Å². The number of likely N-dealkylation sites (tertiary alicyclic amines) is 1. The van der Waals surface area contributed by atoms with E-state index in [0.29, 0.717) is 18.5 Å². The summed E-state index contributed by atoms with van der Waals surface area (Å²) >= 11 is 0. The van der Waals surface area contributed by atoms with Gasteiger partial charge in [-0.1, -0.05) is 43.7 Å². The molecule has 0 amide bonds. The van der Waals surface area contributed by atoms with Gasteiger partial charge in [-0.05, 0) is 51.3 Å². The van der Waals surface area contributed by atoms with E-state index in [2.05, 4.69) is 70.8 Å². The number of benzene rings is 1. The molecule has 1 saturated heterocycles. The van der Waals surface area contributed by atoms with Crippen molar-refractivity contribution in [2.75, 3.05) is 26.2 Å². The third-order valence-electron chi connectivity index (χ3n) is 6.19. The van der Waals surface area contributed by atoms with Crippen LogP contribution in [0.3, 0.4) is 0 Å². The third kappa shape index (κ3) is 7.17. The molecule has 7 nitrogen and oxygen atoms in total. The first kappa shape index (κ1) is 25.6. The monoisotopic (exact) mass is 539 g/mol. The van der Waals surface area contributed by atoms with Gasteiger partial charge in [0, 0.05) is 26.2 Å². The van der Waals surface area contributed by atoms with Crippen LogP contribution in [-0.4, -0.2) is 57.8 Å². The number of aryl methyl sites for hydroxylation is 2. The van der Waals surface area contributed by atoms with Crippen molar-refractivity contribution in [3.63, 3.8) is 0 Å². The zero-order valence-corrected chi connectivity index (χ0v) is 21.9. The molecule has 2 heterocycles. The van der Waals surface area contributed by atoms with E-state index in [0.717, 1.165) is 37.2 Å². The van der Waals surface area contributed by atoms with Crippen LogP contribution in [0.15, 0.2) is 29.3 Å². The van der Waals surface area contributed by atoms with Gasteiger partial charge in [0.15, 0.2) is 11.8 Å². The largest absolute Gasteiger partial charge is 0.356 e. The highest BCUT2D eigenvalue weighted by Crippen LogP contribution is 2.16. The first-order chi connectivity index (χ1) is 14.5. The van der Waals surface area contributed by atoms with Crippen LogP contribution in [0, 0.1) is 13.8 Å². The Bertz CT molecular complexity index is 831. The number of nitrogens with one attached hydrogen (secondary N) is 2. The van der Waals surface area contributed by atoms with Crippen LogP contribution in [0.5, 0.6) is 0 Å². The summed E-state index contributed by atoms with van der Waals surface area (Å²) in [5.41, 5.74) is 2.63. The highest BCUT2D eigenvalue weighted by molar-refractivity contribution is 14.0. The molecule has 2 atom stereocenters. The summed E-state index contributed by atoms with van der Waals surface area (Å²) in [6.07, 6.45) is 2.53. The lowest BCUT2D eigenvalue weighted by molar-refractivity contribution is 0.267. The maximum absolute atomic E-state index is 4.81. The van der Waals surface area contributed by atoms with Crippen molar-refractivity contribution in [3.05, 3.63) is 47.0 Å². The summed E-state index contributed by atoms with van der Waals surface area (Å²) in [5.74, 6) is 3.02. The summed E-state index contributed by atoms with van der Waals surface area (Å²) in [5, 5.41) is 15.5. The second-order valence-corrected chi connectivity index (χ2v) is 8.39. The molecule has 2 N–H and O–H groups in total. The molecule has 1 aromatic carbocycles. The fourth-order valence-corrected chi connectivity index (χ4v) is 3.93. The Balaban J connectivity index is 0.00000341. The van der Waals surface area contributed by atoms with E-state index in [-0.39, 0.29) is 24.0 Å². The van der Waals surface area contributed by atoms with Crippen LogP contribution in [0.4, 0.5) is 0 Å². The number of nitrogens with zero attached hydrogens (tertiary/aromatic N) is 5. The lowest BCUT2D eigenvalue weighted by atomic mass is 10.0. The molecule has 2 unspecified atom stereocenters. The average Bonchev–Trinajstić information content (AvgIpc) is 3.34. The van der Waals surface area contributed by atoms with E-state index in [1.54, 1.807) is 0 Å². The summed E-state index contributed by atoms with van der Waals surface area (Å²) in [7, 11) is 1.98. The summed E-state index contributed by atoms with van der Waals surface area (Å²) in [4.78, 5) is 7.36. The van der Waals surface area contributed by atoms with E-state index in [1.807, 2.05) is 18.5 Å². The number of likely N-dealkylation sites (N-methyl/N-ethyl adjacent to an activating group) is 1. The van der Waals surface area contributed by atoms with Crippen LogP contribution in [0.25, 0.3) is 0 Å². The Morgan fingerprint density at radius 3 is 2.58 bits per heavy atom. The van der Waals surface area contributed by atoms with Crippen molar-refractivity contribution in [1.29, 1.82) is 0 Å². The maximum Gasteiger partial charge on any atom is 0.191 e. The molecule has 1 aliphatic rings. The Morgan fingerprint density at radius 1 is 1.19 bits per heavy atom. The van der Waals surface area contributed by atoms with Crippen LogP contribution >= 0.6 is 24.0 Å². The molecular formula is C23H38IN7. The zero-order valence-electron chi connectivity index (χ0n) is 19.6. The number of rotatable bonds is 8. The topological polar surface area (TPSA) is 70.4 Å². The van der Waals surface area contributed by atoms with Crippen molar-refractivity contribution in [2.24, 2.45) is 12.0 Å². The number of halogens is 1. The molecule has 172 valence electrons. The minimum Gasteiger partial charge on any atom is -0.356 e. The van der Waals surface area contributed by atoms with E-state index >= 15 is 0 Å². The molecule has 0 saturated carbocycles. The number of hydrogen-bond donors (Lipinski definition) is 2. The highest BCUT2D eigenvalue weighted by atomic mass is 127. The second kappa shape index (κ2) is 12.4. The van der Waals surface area contributed by atoms with Gasteiger partial charge >= 0.3 is 0 Å². The van der Waals surface area contributed by atoms with Gasteiger partial charge in [-0.3, -0.25) is 4.90 Å². The fraction of sp³-hybridized carbons (Fsp3) is 0.609. The predicted octanol–water partition coefficient (Wildman–Crippen LogP) is 3.37. The predicted molar refractivity (Wildman–Crippen MR) is 138 cm³/mol. The van der Waals surface area contributed by atoms with E-state index < -0.39 is 0 Å². The molecule has 2 aromatic rings.